The number of aliphatic hydroxyl groups is 1. The highest BCUT2D eigenvalue weighted by atomic mass is 35.5. The van der Waals surface area contributed by atoms with E-state index in [-0.39, 0.29) is 24.3 Å². The molecule has 0 unspecified atom stereocenters. The highest BCUT2D eigenvalue weighted by Gasteiger charge is 2.32. The fraction of sp³-hybridized carbons (Fsp3) is 0.579. The van der Waals surface area contributed by atoms with Crippen molar-refractivity contribution in [2.45, 2.75) is 32.6 Å². The van der Waals surface area contributed by atoms with Gasteiger partial charge in [-0.25, -0.2) is 0 Å². The van der Waals surface area contributed by atoms with Gasteiger partial charge in [-0.2, -0.15) is 0 Å². The van der Waals surface area contributed by atoms with Crippen LogP contribution in [0.4, 0.5) is 0 Å². The summed E-state index contributed by atoms with van der Waals surface area (Å²) in [5, 5.41) is 9.86. The summed E-state index contributed by atoms with van der Waals surface area (Å²) in [5.41, 5.74) is 1.12. The van der Waals surface area contributed by atoms with Gasteiger partial charge in [0.15, 0.2) is 0 Å². The molecule has 2 amide bonds. The van der Waals surface area contributed by atoms with Gasteiger partial charge in [-0.15, -0.1) is 0 Å². The quantitative estimate of drug-likeness (QED) is 0.768. The zero-order valence-corrected chi connectivity index (χ0v) is 15.5. The predicted molar refractivity (Wildman–Crippen MR) is 98.4 cm³/mol. The number of piperidine rings is 1. The molecule has 0 aliphatic carbocycles. The highest BCUT2D eigenvalue weighted by Crippen LogP contribution is 2.21. The monoisotopic (exact) mass is 366 g/mol. The number of likely N-dealkylation sites (tertiary alicyclic amines) is 1. The Kier molecular flexibility index (Phi) is 7.72. The van der Waals surface area contributed by atoms with Gasteiger partial charge in [0.1, 0.15) is 0 Å². The highest BCUT2D eigenvalue weighted by molar-refractivity contribution is 6.30. The third-order valence-electron chi connectivity index (χ3n) is 4.61. The SMILES string of the molecule is CCCN(CCO)C(=O)[C@@H]1CCC(=O)N(CCc2ccc(Cl)cc2)C1. The Labute approximate surface area is 154 Å². The van der Waals surface area contributed by atoms with Gasteiger partial charge in [-0.05, 0) is 37.0 Å². The molecule has 1 aromatic rings. The number of carbonyl (C=O) groups excluding carboxylic acids is 2. The van der Waals surface area contributed by atoms with Crippen molar-refractivity contribution in [2.75, 3.05) is 32.8 Å². The van der Waals surface area contributed by atoms with Crippen molar-refractivity contribution in [2.24, 2.45) is 5.92 Å². The van der Waals surface area contributed by atoms with Crippen LogP contribution in [0.3, 0.4) is 0 Å². The molecule has 2 rings (SSSR count). The molecule has 1 atom stereocenters. The van der Waals surface area contributed by atoms with E-state index in [1.165, 1.54) is 0 Å². The van der Waals surface area contributed by atoms with Crippen LogP contribution in [-0.4, -0.2) is 59.5 Å². The van der Waals surface area contributed by atoms with Crippen LogP contribution in [-0.2, 0) is 16.0 Å². The second-order valence-corrected chi connectivity index (χ2v) is 6.94. The van der Waals surface area contributed by atoms with Crippen LogP contribution < -0.4 is 0 Å². The number of nitrogens with zero attached hydrogens (tertiary/aromatic N) is 2. The van der Waals surface area contributed by atoms with Crippen molar-refractivity contribution in [3.8, 4) is 0 Å². The Hall–Kier alpha value is -1.59. The molecule has 1 aromatic carbocycles. The van der Waals surface area contributed by atoms with Gasteiger partial charge in [0, 0.05) is 37.6 Å². The van der Waals surface area contributed by atoms with Crippen molar-refractivity contribution >= 4 is 23.4 Å². The zero-order valence-electron chi connectivity index (χ0n) is 14.8. The Bertz CT molecular complexity index is 571. The maximum atomic E-state index is 12.7. The Morgan fingerprint density at radius 1 is 1.32 bits per heavy atom. The number of hydrogen-bond acceptors (Lipinski definition) is 3. The summed E-state index contributed by atoms with van der Waals surface area (Å²) in [5.74, 6) is 0.00289. The van der Waals surface area contributed by atoms with E-state index in [1.807, 2.05) is 31.2 Å². The van der Waals surface area contributed by atoms with Crippen LogP contribution >= 0.6 is 11.6 Å². The van der Waals surface area contributed by atoms with Gasteiger partial charge in [0.25, 0.3) is 0 Å². The van der Waals surface area contributed by atoms with E-state index in [9.17, 15) is 9.59 Å². The van der Waals surface area contributed by atoms with Gasteiger partial charge in [0.05, 0.1) is 12.5 Å². The van der Waals surface area contributed by atoms with Gasteiger partial charge in [-0.3, -0.25) is 9.59 Å². The molecule has 0 saturated carbocycles. The largest absolute Gasteiger partial charge is 0.395 e. The first-order valence-electron chi connectivity index (χ1n) is 8.97. The average molecular weight is 367 g/mol. The molecule has 5 nitrogen and oxygen atoms in total. The smallest absolute Gasteiger partial charge is 0.227 e. The minimum absolute atomic E-state index is 0.0301. The van der Waals surface area contributed by atoms with E-state index in [2.05, 4.69) is 0 Å². The summed E-state index contributed by atoms with van der Waals surface area (Å²) < 4.78 is 0. The molecule has 1 aliphatic rings. The molecule has 0 spiro atoms. The van der Waals surface area contributed by atoms with Crippen molar-refractivity contribution in [3.63, 3.8) is 0 Å². The summed E-state index contributed by atoms with van der Waals surface area (Å²) >= 11 is 5.89. The van der Waals surface area contributed by atoms with Crippen molar-refractivity contribution in [3.05, 3.63) is 34.9 Å². The molecule has 25 heavy (non-hydrogen) atoms. The van der Waals surface area contributed by atoms with Crippen molar-refractivity contribution in [1.82, 2.24) is 9.80 Å². The van der Waals surface area contributed by atoms with Gasteiger partial charge < -0.3 is 14.9 Å². The van der Waals surface area contributed by atoms with Crippen LogP contribution in [0.15, 0.2) is 24.3 Å². The van der Waals surface area contributed by atoms with E-state index in [1.54, 1.807) is 9.80 Å². The molecule has 1 heterocycles. The number of carbonyl (C=O) groups is 2. The molecule has 0 aromatic heterocycles. The fourth-order valence-electron chi connectivity index (χ4n) is 3.23. The number of halogens is 1. The molecule has 0 bridgehead atoms. The van der Waals surface area contributed by atoms with Crippen molar-refractivity contribution in [1.29, 1.82) is 0 Å². The van der Waals surface area contributed by atoms with Crippen LogP contribution in [0.25, 0.3) is 0 Å². The van der Waals surface area contributed by atoms with Gasteiger partial charge in [-0.1, -0.05) is 30.7 Å². The van der Waals surface area contributed by atoms with E-state index in [0.29, 0.717) is 44.0 Å². The number of rotatable bonds is 8. The first kappa shape index (κ1) is 19.7. The topological polar surface area (TPSA) is 60.9 Å². The molecule has 1 N–H and O–H groups in total. The third-order valence-corrected chi connectivity index (χ3v) is 4.86. The second kappa shape index (κ2) is 9.78. The molecule has 6 heteroatoms. The molecular weight excluding hydrogens is 340 g/mol. The van der Waals surface area contributed by atoms with E-state index in [4.69, 9.17) is 16.7 Å². The predicted octanol–water partition coefficient (Wildman–Crippen LogP) is 2.35. The number of amides is 2. The normalized spacial score (nSPS) is 17.6. The summed E-state index contributed by atoms with van der Waals surface area (Å²) in [6, 6.07) is 7.62. The average Bonchev–Trinajstić information content (AvgIpc) is 2.61. The lowest BCUT2D eigenvalue weighted by Crippen LogP contribution is -2.48. The van der Waals surface area contributed by atoms with Crippen LogP contribution in [0.2, 0.25) is 5.02 Å². The summed E-state index contributed by atoms with van der Waals surface area (Å²) in [6.45, 7) is 4.07. The maximum Gasteiger partial charge on any atom is 0.227 e. The summed E-state index contributed by atoms with van der Waals surface area (Å²) in [7, 11) is 0. The molecule has 1 aliphatic heterocycles. The molecule has 1 saturated heterocycles. The van der Waals surface area contributed by atoms with Crippen LogP contribution in [0.5, 0.6) is 0 Å². The van der Waals surface area contributed by atoms with E-state index < -0.39 is 0 Å². The van der Waals surface area contributed by atoms with Crippen molar-refractivity contribution < 1.29 is 14.7 Å². The molecule has 138 valence electrons. The Morgan fingerprint density at radius 2 is 2.04 bits per heavy atom. The molecule has 0 radical (unpaired) electrons. The van der Waals surface area contributed by atoms with Crippen LogP contribution in [0, 0.1) is 5.92 Å². The minimum Gasteiger partial charge on any atom is -0.395 e. The van der Waals surface area contributed by atoms with Gasteiger partial charge in [0.2, 0.25) is 11.8 Å². The lowest BCUT2D eigenvalue weighted by atomic mass is 9.95. The van der Waals surface area contributed by atoms with Gasteiger partial charge >= 0.3 is 0 Å². The number of hydrogen-bond donors (Lipinski definition) is 1. The number of aliphatic hydroxyl groups excluding tert-OH is 1. The van der Waals surface area contributed by atoms with E-state index in [0.717, 1.165) is 18.4 Å². The molecular formula is C19H27ClN2O3. The summed E-state index contributed by atoms with van der Waals surface area (Å²) in [4.78, 5) is 28.4. The molecule has 1 fully saturated rings. The second-order valence-electron chi connectivity index (χ2n) is 6.50. The fourth-order valence-corrected chi connectivity index (χ4v) is 3.35. The lowest BCUT2D eigenvalue weighted by molar-refractivity contribution is -0.143. The zero-order chi connectivity index (χ0) is 18.2. The third kappa shape index (κ3) is 5.72. The summed E-state index contributed by atoms with van der Waals surface area (Å²) in [6.07, 6.45) is 2.62. The maximum absolute atomic E-state index is 12.7. The van der Waals surface area contributed by atoms with E-state index >= 15 is 0 Å². The first-order chi connectivity index (χ1) is 12.0. The first-order valence-corrected chi connectivity index (χ1v) is 9.34. The Balaban J connectivity index is 1.94. The Morgan fingerprint density at radius 3 is 2.68 bits per heavy atom. The standard InChI is InChI=1S/C19H27ClN2O3/c1-2-10-21(12-13-23)19(25)16-5-8-18(24)22(14-16)11-9-15-3-6-17(20)7-4-15/h3-4,6-7,16,23H,2,5,8-14H2,1H3/t16-/m1/s1. The lowest BCUT2D eigenvalue weighted by Gasteiger charge is -2.34. The number of benzene rings is 1. The minimum atomic E-state index is -0.166. The van der Waals surface area contributed by atoms with Crippen LogP contribution in [0.1, 0.15) is 31.7 Å².